The number of hydrogen-bond donors (Lipinski definition) is 2. The molecule has 1 aromatic carbocycles. The molecule has 0 fully saturated rings. The van der Waals surface area contributed by atoms with Crippen LogP contribution in [-0.4, -0.2) is 21.4 Å². The van der Waals surface area contributed by atoms with Gasteiger partial charge in [0, 0.05) is 34.9 Å². The van der Waals surface area contributed by atoms with E-state index >= 15 is 0 Å². The molecule has 2 amide bonds. The van der Waals surface area contributed by atoms with Crippen molar-refractivity contribution in [1.82, 2.24) is 14.9 Å². The maximum Gasteiger partial charge on any atom is 0.313 e. The molecule has 0 bridgehead atoms. The van der Waals surface area contributed by atoms with Crippen molar-refractivity contribution in [3.8, 4) is 0 Å². The number of hydrogen-bond acceptors (Lipinski definition) is 5. The van der Waals surface area contributed by atoms with E-state index < -0.39 is 11.8 Å². The van der Waals surface area contributed by atoms with Crippen LogP contribution in [-0.2, 0) is 16.6 Å². The summed E-state index contributed by atoms with van der Waals surface area (Å²) in [4.78, 5) is 30.9. The highest BCUT2D eigenvalue weighted by atomic mass is 32.2. The summed E-state index contributed by atoms with van der Waals surface area (Å²) < 4.78 is 1.93. The van der Waals surface area contributed by atoms with Crippen LogP contribution >= 0.6 is 23.1 Å². The third kappa shape index (κ3) is 5.02. The number of thiophene rings is 1. The highest BCUT2D eigenvalue weighted by molar-refractivity contribution is 7.99. The van der Waals surface area contributed by atoms with E-state index in [2.05, 4.69) is 15.6 Å². The number of anilines is 1. The van der Waals surface area contributed by atoms with Gasteiger partial charge in [0.2, 0.25) is 0 Å². The molecule has 1 atom stereocenters. The predicted octanol–water partition coefficient (Wildman–Crippen LogP) is 4.08. The molecule has 28 heavy (non-hydrogen) atoms. The number of rotatable bonds is 6. The first-order valence-electron chi connectivity index (χ1n) is 8.84. The van der Waals surface area contributed by atoms with Gasteiger partial charge in [0.15, 0.2) is 5.16 Å². The zero-order valence-corrected chi connectivity index (χ0v) is 17.5. The average Bonchev–Trinajstić information content (AvgIpc) is 3.33. The van der Waals surface area contributed by atoms with Crippen molar-refractivity contribution in [3.63, 3.8) is 0 Å². The van der Waals surface area contributed by atoms with E-state index in [1.54, 1.807) is 29.7 Å². The first kappa shape index (κ1) is 20.2. The Hall–Kier alpha value is -2.58. The minimum absolute atomic E-state index is 0.179. The summed E-state index contributed by atoms with van der Waals surface area (Å²) in [6, 6.07) is 11.0. The summed E-state index contributed by atoms with van der Waals surface area (Å²) in [7, 11) is 1.93. The third-order valence-electron chi connectivity index (χ3n) is 4.11. The van der Waals surface area contributed by atoms with E-state index in [-0.39, 0.29) is 12.0 Å². The Kier molecular flexibility index (Phi) is 6.53. The monoisotopic (exact) mass is 414 g/mol. The lowest BCUT2D eigenvalue weighted by molar-refractivity contribution is -0.136. The van der Waals surface area contributed by atoms with Crippen molar-refractivity contribution in [3.05, 3.63) is 59.0 Å². The molecule has 3 aromatic rings. The van der Waals surface area contributed by atoms with E-state index in [0.29, 0.717) is 5.69 Å². The maximum absolute atomic E-state index is 12.3. The topological polar surface area (TPSA) is 76.0 Å². The molecule has 0 radical (unpaired) electrons. The molecule has 0 aliphatic carbocycles. The molecule has 2 aromatic heterocycles. The molecule has 0 aliphatic heterocycles. The Morgan fingerprint density at radius 1 is 1.14 bits per heavy atom. The largest absolute Gasteiger partial charge is 0.340 e. The molecule has 146 valence electrons. The highest BCUT2D eigenvalue weighted by Gasteiger charge is 2.23. The Balaban J connectivity index is 1.59. The molecule has 3 rings (SSSR count). The summed E-state index contributed by atoms with van der Waals surface area (Å²) in [5.41, 5.74) is 0.571. The van der Waals surface area contributed by atoms with Crippen LogP contribution in [0.1, 0.15) is 24.8 Å². The molecule has 8 heteroatoms. The van der Waals surface area contributed by atoms with E-state index in [9.17, 15) is 9.59 Å². The van der Waals surface area contributed by atoms with Crippen LogP contribution in [0, 0.1) is 5.92 Å². The molecule has 0 aliphatic rings. The summed E-state index contributed by atoms with van der Waals surface area (Å²) in [6.45, 7) is 4.03. The lowest BCUT2D eigenvalue weighted by Gasteiger charge is -2.20. The summed E-state index contributed by atoms with van der Waals surface area (Å²) in [5.74, 6) is -1.14. The Morgan fingerprint density at radius 2 is 1.89 bits per heavy atom. The van der Waals surface area contributed by atoms with Crippen LogP contribution in [0.2, 0.25) is 0 Å². The molecular weight excluding hydrogens is 392 g/mol. The van der Waals surface area contributed by atoms with Crippen molar-refractivity contribution in [1.29, 1.82) is 0 Å². The molecule has 2 N–H and O–H groups in total. The SMILES string of the molecule is CC(C)C(NC(=O)C(=O)Nc1ccc(Sc2nccn2C)cc1)c1cccs1. The van der Waals surface area contributed by atoms with E-state index in [0.717, 1.165) is 14.9 Å². The van der Waals surface area contributed by atoms with Gasteiger partial charge in [-0.25, -0.2) is 4.98 Å². The van der Waals surface area contributed by atoms with Crippen molar-refractivity contribution >= 4 is 40.6 Å². The van der Waals surface area contributed by atoms with Crippen LogP contribution < -0.4 is 10.6 Å². The molecule has 0 spiro atoms. The number of amides is 2. The summed E-state index contributed by atoms with van der Waals surface area (Å²) >= 11 is 3.09. The number of nitrogens with zero attached hydrogens (tertiary/aromatic N) is 2. The number of carbonyl (C=O) groups excluding carboxylic acids is 2. The third-order valence-corrected chi connectivity index (χ3v) is 6.15. The van der Waals surface area contributed by atoms with Crippen molar-refractivity contribution < 1.29 is 9.59 Å². The van der Waals surface area contributed by atoms with Crippen molar-refractivity contribution in [2.75, 3.05) is 5.32 Å². The van der Waals surface area contributed by atoms with E-state index in [1.165, 1.54) is 11.8 Å². The van der Waals surface area contributed by atoms with Crippen molar-refractivity contribution in [2.24, 2.45) is 13.0 Å². The van der Waals surface area contributed by atoms with Crippen LogP contribution in [0.3, 0.4) is 0 Å². The normalized spacial score (nSPS) is 12.0. The standard InChI is InChI=1S/C20H22N4O2S2/c1-13(2)17(16-5-4-12-27-16)23-19(26)18(25)22-14-6-8-15(9-7-14)28-20-21-10-11-24(20)3/h4-13,17H,1-3H3,(H,22,25)(H,23,26). The Labute approximate surface area is 172 Å². The summed E-state index contributed by atoms with van der Waals surface area (Å²) in [5, 5.41) is 8.32. The van der Waals surface area contributed by atoms with Gasteiger partial charge in [-0.2, -0.15) is 0 Å². The fourth-order valence-electron chi connectivity index (χ4n) is 2.59. The number of aromatic nitrogens is 2. The Bertz CT molecular complexity index is 934. The van der Waals surface area contributed by atoms with Crippen LogP contribution in [0.25, 0.3) is 0 Å². The lowest BCUT2D eigenvalue weighted by Crippen LogP contribution is -2.39. The van der Waals surface area contributed by atoms with Gasteiger partial charge in [-0.3, -0.25) is 9.59 Å². The van der Waals surface area contributed by atoms with Crippen LogP contribution in [0.15, 0.2) is 64.2 Å². The molecule has 0 saturated heterocycles. The molecule has 1 unspecified atom stereocenters. The number of aryl methyl sites for hydroxylation is 1. The van der Waals surface area contributed by atoms with Gasteiger partial charge in [0.05, 0.1) is 6.04 Å². The number of nitrogens with one attached hydrogen (secondary N) is 2. The quantitative estimate of drug-likeness (QED) is 0.596. The fourth-order valence-corrected chi connectivity index (χ4v) is 4.34. The molecule has 0 saturated carbocycles. The van der Waals surface area contributed by atoms with Crippen molar-refractivity contribution in [2.45, 2.75) is 29.9 Å². The number of benzene rings is 1. The number of carbonyl (C=O) groups is 2. The smallest absolute Gasteiger partial charge is 0.313 e. The zero-order chi connectivity index (χ0) is 20.1. The lowest BCUT2D eigenvalue weighted by atomic mass is 10.0. The minimum Gasteiger partial charge on any atom is -0.340 e. The second kappa shape index (κ2) is 9.07. The predicted molar refractivity (Wildman–Crippen MR) is 112 cm³/mol. The van der Waals surface area contributed by atoms with Crippen LogP contribution in [0.5, 0.6) is 0 Å². The fraction of sp³-hybridized carbons (Fsp3) is 0.250. The first-order valence-corrected chi connectivity index (χ1v) is 10.5. The summed E-state index contributed by atoms with van der Waals surface area (Å²) in [6.07, 6.45) is 3.63. The van der Waals surface area contributed by atoms with Gasteiger partial charge in [-0.05, 0) is 41.6 Å². The second-order valence-electron chi connectivity index (χ2n) is 6.61. The Morgan fingerprint density at radius 3 is 2.46 bits per heavy atom. The van der Waals surface area contributed by atoms with Crippen LogP contribution in [0.4, 0.5) is 5.69 Å². The maximum atomic E-state index is 12.3. The van der Waals surface area contributed by atoms with E-state index in [4.69, 9.17) is 0 Å². The average molecular weight is 415 g/mol. The molecule has 2 heterocycles. The zero-order valence-electron chi connectivity index (χ0n) is 15.9. The van der Waals surface area contributed by atoms with Gasteiger partial charge in [0.1, 0.15) is 0 Å². The minimum atomic E-state index is -0.674. The molecular formula is C20H22N4O2S2. The second-order valence-corrected chi connectivity index (χ2v) is 8.63. The first-order chi connectivity index (χ1) is 13.4. The van der Waals surface area contributed by atoms with Gasteiger partial charge in [0.25, 0.3) is 0 Å². The van der Waals surface area contributed by atoms with Gasteiger partial charge >= 0.3 is 11.8 Å². The van der Waals surface area contributed by atoms with Gasteiger partial charge in [-0.1, -0.05) is 31.7 Å². The number of imidazole rings is 1. The van der Waals surface area contributed by atoms with Gasteiger partial charge in [-0.15, -0.1) is 11.3 Å². The van der Waals surface area contributed by atoms with E-state index in [1.807, 2.05) is 61.3 Å². The highest BCUT2D eigenvalue weighted by Crippen LogP contribution is 2.27. The molecule has 6 nitrogen and oxygen atoms in total. The van der Waals surface area contributed by atoms with Gasteiger partial charge < -0.3 is 15.2 Å².